The number of hydrogen-bond donors (Lipinski definition) is 0. The standard InChI is InChI=1S/C47H80/c1-9-45(7,10-2)32-27-33(46(8,11-3)12-4)29-47(28-32)38-24-22-30-17-13-15-19-34(30)40(38)42-39(47)26-25-37-41(42)36-23-21-31-18-14-16-20-35(31)43(36)44(37,5)6/h30-43H,9-29H2,1-8H3. The summed E-state index contributed by atoms with van der Waals surface area (Å²) in [6.07, 6.45) is 32.6. The van der Waals surface area contributed by atoms with Crippen LogP contribution in [0.15, 0.2) is 0 Å². The molecule has 14 atom stereocenters. The van der Waals surface area contributed by atoms with Crippen LogP contribution in [0.25, 0.3) is 0 Å². The Balaban J connectivity index is 1.25. The van der Waals surface area contributed by atoms with E-state index in [1.807, 2.05) is 0 Å². The molecule has 0 radical (unpaired) electrons. The van der Waals surface area contributed by atoms with E-state index in [9.17, 15) is 0 Å². The lowest BCUT2D eigenvalue weighted by Crippen LogP contribution is -2.50. The van der Waals surface area contributed by atoms with Gasteiger partial charge in [-0.05, 0) is 175 Å². The zero-order valence-electron chi connectivity index (χ0n) is 32.9. The Bertz CT molecular complexity index is 1080. The van der Waals surface area contributed by atoms with Gasteiger partial charge in [-0.2, -0.15) is 0 Å². The highest BCUT2D eigenvalue weighted by Crippen LogP contribution is 2.79. The molecule has 47 heavy (non-hydrogen) atoms. The average Bonchev–Trinajstić information content (AvgIpc) is 3.52. The first-order valence-electron chi connectivity index (χ1n) is 22.6. The van der Waals surface area contributed by atoms with Crippen molar-refractivity contribution in [1.29, 1.82) is 0 Å². The minimum Gasteiger partial charge on any atom is -0.0649 e. The van der Waals surface area contributed by atoms with Gasteiger partial charge < -0.3 is 0 Å². The fourth-order valence-corrected chi connectivity index (χ4v) is 18.0. The molecule has 0 heterocycles. The van der Waals surface area contributed by atoms with Gasteiger partial charge in [0.1, 0.15) is 0 Å². The van der Waals surface area contributed by atoms with Gasteiger partial charge in [-0.15, -0.1) is 0 Å². The molecule has 8 rings (SSSR count). The summed E-state index contributed by atoms with van der Waals surface area (Å²) < 4.78 is 0. The molecule has 0 N–H and O–H groups in total. The molecule has 0 aromatic rings. The molecule has 0 aromatic heterocycles. The Morgan fingerprint density at radius 1 is 0.489 bits per heavy atom. The van der Waals surface area contributed by atoms with Crippen LogP contribution in [0.1, 0.15) is 190 Å². The predicted molar refractivity (Wildman–Crippen MR) is 201 cm³/mol. The van der Waals surface area contributed by atoms with E-state index in [4.69, 9.17) is 0 Å². The van der Waals surface area contributed by atoms with E-state index in [1.54, 1.807) is 103 Å². The molecule has 268 valence electrons. The summed E-state index contributed by atoms with van der Waals surface area (Å²) in [7, 11) is 0. The average molecular weight is 645 g/mol. The Kier molecular flexibility index (Phi) is 8.93. The molecule has 0 bridgehead atoms. The molecule has 0 aromatic carbocycles. The van der Waals surface area contributed by atoms with Crippen LogP contribution in [0.3, 0.4) is 0 Å². The van der Waals surface area contributed by atoms with Crippen molar-refractivity contribution in [3.63, 3.8) is 0 Å². The quantitative estimate of drug-likeness (QED) is 0.270. The van der Waals surface area contributed by atoms with Crippen molar-refractivity contribution in [1.82, 2.24) is 0 Å². The molecule has 0 aliphatic heterocycles. The third-order valence-electron chi connectivity index (χ3n) is 21.0. The molecule has 8 aliphatic carbocycles. The summed E-state index contributed by atoms with van der Waals surface area (Å²) in [6, 6.07) is 0. The maximum Gasteiger partial charge on any atom is -0.0230 e. The molecule has 14 unspecified atom stereocenters. The second kappa shape index (κ2) is 12.3. The molecule has 1 spiro atoms. The monoisotopic (exact) mass is 645 g/mol. The molecule has 0 amide bonds. The first kappa shape index (κ1) is 34.1. The van der Waals surface area contributed by atoms with Gasteiger partial charge in [0, 0.05) is 0 Å². The smallest absolute Gasteiger partial charge is 0.0230 e. The van der Waals surface area contributed by atoms with Crippen LogP contribution in [0.5, 0.6) is 0 Å². The molecule has 0 heteroatoms. The van der Waals surface area contributed by atoms with Crippen molar-refractivity contribution < 1.29 is 0 Å². The predicted octanol–water partition coefficient (Wildman–Crippen LogP) is 14.0. The van der Waals surface area contributed by atoms with Gasteiger partial charge in [0.2, 0.25) is 0 Å². The van der Waals surface area contributed by atoms with Gasteiger partial charge in [-0.3, -0.25) is 0 Å². The maximum atomic E-state index is 2.85. The first-order chi connectivity index (χ1) is 22.6. The minimum atomic E-state index is 0.528. The molecular formula is C47H80. The van der Waals surface area contributed by atoms with Crippen LogP contribution in [-0.4, -0.2) is 0 Å². The van der Waals surface area contributed by atoms with Crippen LogP contribution >= 0.6 is 0 Å². The lowest BCUT2D eigenvalue weighted by atomic mass is 9.46. The molecule has 0 nitrogen and oxygen atoms in total. The van der Waals surface area contributed by atoms with Crippen molar-refractivity contribution in [2.45, 2.75) is 190 Å². The van der Waals surface area contributed by atoms with E-state index in [1.165, 1.54) is 32.1 Å². The maximum absolute atomic E-state index is 2.85. The first-order valence-corrected chi connectivity index (χ1v) is 22.6. The highest BCUT2D eigenvalue weighted by molar-refractivity contribution is 5.20. The van der Waals surface area contributed by atoms with E-state index in [0.29, 0.717) is 21.7 Å². The van der Waals surface area contributed by atoms with E-state index in [0.717, 1.165) is 82.9 Å². The molecule has 8 fully saturated rings. The van der Waals surface area contributed by atoms with Crippen LogP contribution in [0.2, 0.25) is 0 Å². The second-order valence-electron chi connectivity index (χ2n) is 21.7. The Hall–Kier alpha value is 0. The van der Waals surface area contributed by atoms with Crippen molar-refractivity contribution in [2.75, 3.05) is 0 Å². The summed E-state index contributed by atoms with van der Waals surface area (Å²) in [4.78, 5) is 0. The second-order valence-corrected chi connectivity index (χ2v) is 21.7. The lowest BCUT2D eigenvalue weighted by Gasteiger charge is -2.59. The van der Waals surface area contributed by atoms with Gasteiger partial charge in [-0.25, -0.2) is 0 Å². The number of hydrogen-bond acceptors (Lipinski definition) is 0. The zero-order chi connectivity index (χ0) is 32.9. The van der Waals surface area contributed by atoms with Crippen LogP contribution in [0.4, 0.5) is 0 Å². The highest BCUT2D eigenvalue weighted by Gasteiger charge is 2.72. The van der Waals surface area contributed by atoms with Crippen molar-refractivity contribution in [3.05, 3.63) is 0 Å². The van der Waals surface area contributed by atoms with Gasteiger partial charge in [0.05, 0.1) is 0 Å². The molecule has 0 saturated heterocycles. The Morgan fingerprint density at radius 2 is 0.957 bits per heavy atom. The zero-order valence-corrected chi connectivity index (χ0v) is 32.9. The van der Waals surface area contributed by atoms with E-state index >= 15 is 0 Å². The summed E-state index contributed by atoms with van der Waals surface area (Å²) in [6.45, 7) is 21.5. The number of rotatable bonds is 6. The molecular weight excluding hydrogens is 565 g/mol. The van der Waals surface area contributed by atoms with Crippen LogP contribution in [0, 0.1) is 105 Å². The molecule has 8 saturated carbocycles. The van der Waals surface area contributed by atoms with Crippen molar-refractivity contribution in [2.24, 2.45) is 105 Å². The highest BCUT2D eigenvalue weighted by atomic mass is 14.8. The third kappa shape index (κ3) is 4.89. The summed E-state index contributed by atoms with van der Waals surface area (Å²) in [5.74, 6) is 14.8. The van der Waals surface area contributed by atoms with Gasteiger partial charge in [0.15, 0.2) is 0 Å². The lowest BCUT2D eigenvalue weighted by molar-refractivity contribution is -0.0920. The largest absolute Gasteiger partial charge is 0.0649 e. The minimum absolute atomic E-state index is 0.528. The van der Waals surface area contributed by atoms with Crippen molar-refractivity contribution in [3.8, 4) is 0 Å². The SMILES string of the molecule is CCC(C)(CC)C1CC(C(C)(CC)CC)CC2(C1)C1CCC3CCCCC3C1C1C3C4CCC5CCCCC5C4C(C)(C)C3CCC12. The van der Waals surface area contributed by atoms with E-state index in [-0.39, 0.29) is 0 Å². The fourth-order valence-electron chi connectivity index (χ4n) is 18.0. The summed E-state index contributed by atoms with van der Waals surface area (Å²) >= 11 is 0. The summed E-state index contributed by atoms with van der Waals surface area (Å²) in [5, 5.41) is 0. The van der Waals surface area contributed by atoms with Crippen molar-refractivity contribution >= 4 is 0 Å². The van der Waals surface area contributed by atoms with E-state index in [2.05, 4.69) is 55.4 Å². The molecule has 8 aliphatic rings. The fraction of sp³-hybridized carbons (Fsp3) is 1.00. The Labute approximate surface area is 293 Å². The third-order valence-corrected chi connectivity index (χ3v) is 21.0. The van der Waals surface area contributed by atoms with Crippen LogP contribution < -0.4 is 0 Å². The van der Waals surface area contributed by atoms with Gasteiger partial charge in [-0.1, -0.05) is 120 Å². The van der Waals surface area contributed by atoms with Gasteiger partial charge in [0.25, 0.3) is 0 Å². The van der Waals surface area contributed by atoms with Crippen LogP contribution in [-0.2, 0) is 0 Å². The van der Waals surface area contributed by atoms with E-state index < -0.39 is 0 Å². The number of fused-ring (bicyclic) bond motifs is 13. The normalized spacial score (nSPS) is 50.6. The Morgan fingerprint density at radius 3 is 1.57 bits per heavy atom. The topological polar surface area (TPSA) is 0 Å². The summed E-state index contributed by atoms with van der Waals surface area (Å²) in [5.41, 5.74) is 2.29. The van der Waals surface area contributed by atoms with Gasteiger partial charge >= 0.3 is 0 Å².